The number of hydrogen-bond acceptors (Lipinski definition) is 4. The summed E-state index contributed by atoms with van der Waals surface area (Å²) >= 11 is 0. The number of carbonyl (C=O) groups is 1. The minimum absolute atomic E-state index is 0.404. The molecule has 0 saturated heterocycles. The van der Waals surface area contributed by atoms with Gasteiger partial charge in [0.05, 0.1) is 5.69 Å². The van der Waals surface area contributed by atoms with Crippen LogP contribution in [0, 0.1) is 6.92 Å². The number of rotatable bonds is 5. The molecule has 29 heavy (non-hydrogen) atoms. The Balaban J connectivity index is 1.60. The minimum atomic E-state index is -0.570. The fourth-order valence-corrected chi connectivity index (χ4v) is 3.72. The molecule has 1 aliphatic heterocycles. The predicted octanol–water partition coefficient (Wildman–Crippen LogP) is 3.45. The van der Waals surface area contributed by atoms with E-state index in [1.807, 2.05) is 61.7 Å². The lowest BCUT2D eigenvalue weighted by Gasteiger charge is -2.17. The number of pyridine rings is 2. The lowest BCUT2D eigenvalue weighted by atomic mass is 9.92. The summed E-state index contributed by atoms with van der Waals surface area (Å²) in [4.78, 5) is 21.1. The summed E-state index contributed by atoms with van der Waals surface area (Å²) in [6.07, 6.45) is 6.81. The number of aromatic nitrogens is 2. The first-order chi connectivity index (χ1) is 14.1. The van der Waals surface area contributed by atoms with E-state index in [9.17, 15) is 4.79 Å². The van der Waals surface area contributed by atoms with Gasteiger partial charge >= 0.3 is 0 Å². The van der Waals surface area contributed by atoms with E-state index in [0.29, 0.717) is 5.69 Å². The van der Waals surface area contributed by atoms with Crippen molar-refractivity contribution in [2.75, 3.05) is 13.1 Å². The Labute approximate surface area is 170 Å². The topological polar surface area (TPSA) is 80.9 Å². The maximum absolute atomic E-state index is 12.2. The second kappa shape index (κ2) is 8.37. The van der Waals surface area contributed by atoms with Crippen LogP contribution in [0.1, 0.15) is 34.9 Å². The average Bonchev–Trinajstić information content (AvgIpc) is 2.75. The third-order valence-electron chi connectivity index (χ3n) is 5.28. The zero-order valence-corrected chi connectivity index (χ0v) is 16.4. The highest BCUT2D eigenvalue weighted by molar-refractivity contribution is 5.85. The molecule has 0 spiro atoms. The average molecular weight is 384 g/mol. The van der Waals surface area contributed by atoms with Crippen molar-refractivity contribution in [3.8, 4) is 11.1 Å². The third kappa shape index (κ3) is 4.25. The fourth-order valence-electron chi connectivity index (χ4n) is 3.72. The first kappa shape index (κ1) is 19.0. The van der Waals surface area contributed by atoms with Crippen LogP contribution >= 0.6 is 0 Å². The van der Waals surface area contributed by atoms with Crippen LogP contribution in [0.5, 0.6) is 0 Å². The van der Waals surface area contributed by atoms with Crippen molar-refractivity contribution >= 4 is 11.5 Å². The highest BCUT2D eigenvalue weighted by atomic mass is 16.1. The first-order valence-corrected chi connectivity index (χ1v) is 9.80. The number of benzene rings is 1. The van der Waals surface area contributed by atoms with Gasteiger partial charge in [0.2, 0.25) is 5.91 Å². The number of hydrogen-bond donors (Lipinski definition) is 2. The minimum Gasteiger partial charge on any atom is -0.369 e. The van der Waals surface area contributed by atoms with Gasteiger partial charge in [0.1, 0.15) is 5.92 Å². The molecule has 3 heterocycles. The van der Waals surface area contributed by atoms with Crippen LogP contribution in [0.15, 0.2) is 67.0 Å². The zero-order valence-electron chi connectivity index (χ0n) is 16.4. The molecular formula is C24H24N4O. The van der Waals surface area contributed by atoms with E-state index in [-0.39, 0.29) is 0 Å². The van der Waals surface area contributed by atoms with Crippen molar-refractivity contribution in [1.82, 2.24) is 15.3 Å². The van der Waals surface area contributed by atoms with E-state index in [1.165, 1.54) is 5.57 Å². The van der Waals surface area contributed by atoms with Crippen molar-refractivity contribution in [3.63, 3.8) is 0 Å². The second-order valence-electron chi connectivity index (χ2n) is 7.30. The molecular weight excluding hydrogens is 360 g/mol. The molecule has 1 atom stereocenters. The van der Waals surface area contributed by atoms with Crippen LogP contribution in [0.4, 0.5) is 0 Å². The number of nitrogens with two attached hydrogens (primary N) is 1. The molecule has 1 unspecified atom stereocenters. The number of aryl methyl sites for hydroxylation is 1. The fraction of sp³-hybridized carbons (Fsp3) is 0.208. The van der Waals surface area contributed by atoms with Gasteiger partial charge in [-0.05, 0) is 65.9 Å². The quantitative estimate of drug-likeness (QED) is 0.706. The van der Waals surface area contributed by atoms with E-state index in [1.54, 1.807) is 6.20 Å². The van der Waals surface area contributed by atoms with Gasteiger partial charge in [-0.1, -0.05) is 36.4 Å². The summed E-state index contributed by atoms with van der Waals surface area (Å²) in [7, 11) is 0. The van der Waals surface area contributed by atoms with Crippen molar-refractivity contribution in [2.24, 2.45) is 5.73 Å². The highest BCUT2D eigenvalue weighted by Gasteiger charge is 2.22. The molecule has 3 aromatic rings. The van der Waals surface area contributed by atoms with Crippen molar-refractivity contribution in [2.45, 2.75) is 19.3 Å². The SMILES string of the molecule is Cc1cc(-c2ccc(C(C(N)=O)c3ccc(C4=CCNCC4)cn3)cc2)ccn1. The van der Waals surface area contributed by atoms with Crippen LogP contribution in [0.2, 0.25) is 0 Å². The maximum Gasteiger partial charge on any atom is 0.231 e. The van der Waals surface area contributed by atoms with Crippen LogP contribution < -0.4 is 11.1 Å². The Kier molecular flexibility index (Phi) is 5.49. The van der Waals surface area contributed by atoms with Gasteiger partial charge in [-0.25, -0.2) is 0 Å². The zero-order chi connectivity index (χ0) is 20.2. The first-order valence-electron chi connectivity index (χ1n) is 9.80. The maximum atomic E-state index is 12.2. The van der Waals surface area contributed by atoms with Crippen LogP contribution in [0.3, 0.4) is 0 Å². The van der Waals surface area contributed by atoms with E-state index in [2.05, 4.69) is 21.4 Å². The number of carbonyl (C=O) groups excluding carboxylic acids is 1. The Morgan fingerprint density at radius 1 is 1.03 bits per heavy atom. The van der Waals surface area contributed by atoms with Gasteiger partial charge in [0, 0.05) is 24.6 Å². The number of amides is 1. The molecule has 5 nitrogen and oxygen atoms in total. The molecule has 1 aliphatic rings. The number of nitrogens with one attached hydrogen (secondary N) is 1. The Hall–Kier alpha value is -3.31. The molecule has 1 aromatic carbocycles. The van der Waals surface area contributed by atoms with Gasteiger partial charge in [-0.2, -0.15) is 0 Å². The highest BCUT2D eigenvalue weighted by Crippen LogP contribution is 2.28. The lowest BCUT2D eigenvalue weighted by Crippen LogP contribution is -2.23. The van der Waals surface area contributed by atoms with Gasteiger partial charge in [-0.3, -0.25) is 14.8 Å². The number of primary amides is 1. The summed E-state index contributed by atoms with van der Waals surface area (Å²) < 4.78 is 0. The molecule has 0 bridgehead atoms. The molecule has 3 N–H and O–H groups in total. The van der Waals surface area contributed by atoms with E-state index in [4.69, 9.17) is 5.73 Å². The Morgan fingerprint density at radius 2 is 1.83 bits per heavy atom. The van der Waals surface area contributed by atoms with Gasteiger partial charge in [0.15, 0.2) is 0 Å². The summed E-state index contributed by atoms with van der Waals surface area (Å²) in [6, 6.07) is 15.9. The van der Waals surface area contributed by atoms with Crippen LogP contribution in [0.25, 0.3) is 16.7 Å². The molecule has 0 saturated carbocycles. The summed E-state index contributed by atoms with van der Waals surface area (Å²) in [6.45, 7) is 3.82. The molecule has 2 aromatic heterocycles. The van der Waals surface area contributed by atoms with Crippen LogP contribution in [-0.2, 0) is 4.79 Å². The third-order valence-corrected chi connectivity index (χ3v) is 5.28. The van der Waals surface area contributed by atoms with Gasteiger partial charge in [-0.15, -0.1) is 0 Å². The number of nitrogens with zero attached hydrogens (tertiary/aromatic N) is 2. The molecule has 4 rings (SSSR count). The molecule has 0 fully saturated rings. The Bertz CT molecular complexity index is 1040. The largest absolute Gasteiger partial charge is 0.369 e. The summed E-state index contributed by atoms with van der Waals surface area (Å²) in [5.74, 6) is -0.974. The van der Waals surface area contributed by atoms with Gasteiger partial charge < -0.3 is 11.1 Å². The van der Waals surface area contributed by atoms with Crippen molar-refractivity contribution in [1.29, 1.82) is 0 Å². The summed E-state index contributed by atoms with van der Waals surface area (Å²) in [5.41, 5.74) is 12.8. The predicted molar refractivity (Wildman–Crippen MR) is 115 cm³/mol. The molecule has 0 aliphatic carbocycles. The van der Waals surface area contributed by atoms with Gasteiger partial charge in [0.25, 0.3) is 0 Å². The summed E-state index contributed by atoms with van der Waals surface area (Å²) in [5, 5.41) is 3.31. The van der Waals surface area contributed by atoms with E-state index >= 15 is 0 Å². The second-order valence-corrected chi connectivity index (χ2v) is 7.30. The standard InChI is InChI=1S/C24H24N4O/c1-16-14-20(10-13-27-16)17-2-4-19(5-3-17)23(24(25)29)22-7-6-21(15-28-22)18-8-11-26-12-9-18/h2-8,10,13-15,23,26H,9,11-12H2,1H3,(H2,25,29). The molecule has 5 heteroatoms. The van der Waals surface area contributed by atoms with E-state index < -0.39 is 11.8 Å². The smallest absolute Gasteiger partial charge is 0.231 e. The monoisotopic (exact) mass is 384 g/mol. The normalized spacial score (nSPS) is 14.9. The van der Waals surface area contributed by atoms with Crippen molar-refractivity contribution in [3.05, 3.63) is 89.5 Å². The lowest BCUT2D eigenvalue weighted by molar-refractivity contribution is -0.118. The molecule has 146 valence electrons. The van der Waals surface area contributed by atoms with Crippen LogP contribution in [-0.4, -0.2) is 29.0 Å². The Morgan fingerprint density at radius 3 is 2.45 bits per heavy atom. The van der Waals surface area contributed by atoms with E-state index in [0.717, 1.165) is 47.5 Å². The van der Waals surface area contributed by atoms with Crippen molar-refractivity contribution < 1.29 is 4.79 Å². The molecule has 0 radical (unpaired) electrons. The molecule has 1 amide bonds.